The van der Waals surface area contributed by atoms with Crippen molar-refractivity contribution in [3.8, 4) is 0 Å². The lowest BCUT2D eigenvalue weighted by atomic mass is 10.5. The molecule has 0 spiro atoms. The average Bonchev–Trinajstić information content (AvgIpc) is 2.04. The fourth-order valence-corrected chi connectivity index (χ4v) is 0.438. The molecule has 0 fully saturated rings. The van der Waals surface area contributed by atoms with Gasteiger partial charge in [0.25, 0.3) is 0 Å². The Morgan fingerprint density at radius 2 is 2.36 bits per heavy atom. The molecule has 0 atom stereocenters. The second kappa shape index (κ2) is 5.92. The molecule has 0 aliphatic carbocycles. The molecule has 0 saturated heterocycles. The molecule has 0 rings (SSSR count). The maximum absolute atomic E-state index is 10.6. The van der Waals surface area contributed by atoms with Gasteiger partial charge in [-0.25, -0.2) is 0 Å². The predicted octanol–water partition coefficient (Wildman–Crippen LogP) is 0.946. The summed E-state index contributed by atoms with van der Waals surface area (Å²) in [5, 5.41) is 2.98. The Balaban J connectivity index is 3.69. The summed E-state index contributed by atoms with van der Waals surface area (Å²) in [6.45, 7) is 1.93. The van der Waals surface area contributed by atoms with Crippen LogP contribution in [0.1, 0.15) is 6.92 Å². The Morgan fingerprint density at radius 1 is 1.73 bits per heavy atom. The number of rotatable bonds is 3. The first-order chi connectivity index (χ1) is 5.20. The van der Waals surface area contributed by atoms with E-state index in [0.717, 1.165) is 0 Å². The van der Waals surface area contributed by atoms with Crippen LogP contribution in [0.15, 0.2) is 16.1 Å². The summed E-state index contributed by atoms with van der Waals surface area (Å²) in [6.07, 6.45) is 3.16. The number of likely N-dealkylation sites (N-methyl/N-ethyl adjacent to an activating group) is 1. The molecule has 0 aromatic carbocycles. The first kappa shape index (κ1) is 10.2. The number of amides is 1. The highest BCUT2D eigenvalue weighted by molar-refractivity contribution is 6.39. The molecule has 1 N–H and O–H groups in total. The summed E-state index contributed by atoms with van der Waals surface area (Å²) in [5.41, 5.74) is 0. The van der Waals surface area contributed by atoms with Crippen LogP contribution >= 0.6 is 11.6 Å². The van der Waals surface area contributed by atoms with Gasteiger partial charge in [-0.1, -0.05) is 17.7 Å². The smallest absolute Gasteiger partial charge is 0.241 e. The number of carbonyl (C=O) groups excluding carboxylic acids is 1. The van der Waals surface area contributed by atoms with Gasteiger partial charge in [0.05, 0.1) is 5.03 Å². The van der Waals surface area contributed by atoms with Gasteiger partial charge in [0.2, 0.25) is 5.91 Å². The van der Waals surface area contributed by atoms with Crippen molar-refractivity contribution in [3.05, 3.63) is 11.1 Å². The molecule has 0 aromatic heterocycles. The van der Waals surface area contributed by atoms with Crippen molar-refractivity contribution < 1.29 is 4.79 Å². The summed E-state index contributed by atoms with van der Waals surface area (Å²) < 4.78 is 0. The minimum absolute atomic E-state index is 0.123. The van der Waals surface area contributed by atoms with Crippen LogP contribution in [0.2, 0.25) is 0 Å². The highest BCUT2D eigenvalue weighted by Gasteiger charge is 1.91. The van der Waals surface area contributed by atoms with Crippen LogP contribution in [0.5, 0.6) is 0 Å². The molecule has 3 nitrogen and oxygen atoms in total. The number of aliphatic imine (C=N–C) groups is 1. The van der Waals surface area contributed by atoms with E-state index < -0.39 is 0 Å². The first-order valence-corrected chi connectivity index (χ1v) is 3.60. The van der Waals surface area contributed by atoms with Gasteiger partial charge in [-0.15, -0.1) is 0 Å². The minimum Gasteiger partial charge on any atom is -0.358 e. The molecule has 0 aromatic rings. The van der Waals surface area contributed by atoms with E-state index >= 15 is 0 Å². The number of carbonyl (C=O) groups is 1. The highest BCUT2D eigenvalue weighted by atomic mass is 35.5. The quantitative estimate of drug-likeness (QED) is 0.636. The van der Waals surface area contributed by atoms with Crippen LogP contribution in [-0.2, 0) is 4.79 Å². The fraction of sp³-hybridized carbons (Fsp3) is 0.429. The van der Waals surface area contributed by atoms with Crippen molar-refractivity contribution in [2.75, 3.05) is 13.6 Å². The van der Waals surface area contributed by atoms with E-state index in [4.69, 9.17) is 11.6 Å². The fourth-order valence-electron chi connectivity index (χ4n) is 0.369. The molecular formula is C7H11ClN2O. The number of halogens is 1. The van der Waals surface area contributed by atoms with Gasteiger partial charge in [-0.3, -0.25) is 9.79 Å². The van der Waals surface area contributed by atoms with E-state index in [-0.39, 0.29) is 12.5 Å². The summed E-state index contributed by atoms with van der Waals surface area (Å²) in [5.74, 6) is -0.123. The van der Waals surface area contributed by atoms with Gasteiger partial charge < -0.3 is 5.32 Å². The monoisotopic (exact) mass is 174 g/mol. The second-order valence-corrected chi connectivity index (χ2v) is 2.25. The highest BCUT2D eigenvalue weighted by Crippen LogP contribution is 1.94. The first-order valence-electron chi connectivity index (χ1n) is 3.23. The molecule has 62 valence electrons. The molecule has 11 heavy (non-hydrogen) atoms. The Bertz CT molecular complexity index is 187. The summed E-state index contributed by atoms with van der Waals surface area (Å²) in [6, 6.07) is 0. The zero-order valence-electron chi connectivity index (χ0n) is 6.60. The van der Waals surface area contributed by atoms with Crippen LogP contribution in [0.4, 0.5) is 0 Å². The summed E-state index contributed by atoms with van der Waals surface area (Å²) in [4.78, 5) is 14.4. The maximum atomic E-state index is 10.6. The third-order valence-electron chi connectivity index (χ3n) is 1.00. The van der Waals surface area contributed by atoms with Gasteiger partial charge >= 0.3 is 0 Å². The Morgan fingerprint density at radius 3 is 2.82 bits per heavy atom. The van der Waals surface area contributed by atoms with E-state index in [1.165, 1.54) is 6.21 Å². The number of hydrogen-bond acceptors (Lipinski definition) is 2. The van der Waals surface area contributed by atoms with Gasteiger partial charge in [-0.05, 0) is 6.92 Å². The van der Waals surface area contributed by atoms with Crippen LogP contribution in [0.25, 0.3) is 0 Å². The van der Waals surface area contributed by atoms with Gasteiger partial charge in [0.15, 0.2) is 0 Å². The molecule has 0 saturated carbocycles. The topological polar surface area (TPSA) is 41.5 Å². The molecule has 0 aliphatic heterocycles. The largest absolute Gasteiger partial charge is 0.358 e. The van der Waals surface area contributed by atoms with Crippen molar-refractivity contribution >= 4 is 23.7 Å². The van der Waals surface area contributed by atoms with E-state index in [9.17, 15) is 4.79 Å². The zero-order valence-corrected chi connectivity index (χ0v) is 7.35. The molecule has 4 heteroatoms. The minimum atomic E-state index is -0.123. The van der Waals surface area contributed by atoms with Gasteiger partial charge in [0.1, 0.15) is 6.54 Å². The van der Waals surface area contributed by atoms with Crippen molar-refractivity contribution in [2.24, 2.45) is 4.99 Å². The normalized spacial score (nSPS) is 12.1. The van der Waals surface area contributed by atoms with Crippen molar-refractivity contribution in [2.45, 2.75) is 6.92 Å². The molecule has 0 bridgehead atoms. The van der Waals surface area contributed by atoms with Crippen LogP contribution < -0.4 is 5.32 Å². The van der Waals surface area contributed by atoms with Gasteiger partial charge in [0, 0.05) is 13.3 Å². The second-order valence-electron chi connectivity index (χ2n) is 1.82. The standard InChI is InChI=1S/C7H11ClN2O/c1-3-6(8)4-10-5-7(11)9-2/h3-4H,5H2,1-2H3,(H,9,11)/b6-3+,10-4?. The Hall–Kier alpha value is -0.830. The van der Waals surface area contributed by atoms with E-state index in [0.29, 0.717) is 5.03 Å². The van der Waals surface area contributed by atoms with Crippen LogP contribution in [-0.4, -0.2) is 25.7 Å². The average molecular weight is 175 g/mol. The Labute approximate surface area is 71.1 Å². The number of hydrogen-bond donors (Lipinski definition) is 1. The van der Waals surface area contributed by atoms with Crippen LogP contribution in [0.3, 0.4) is 0 Å². The lowest BCUT2D eigenvalue weighted by Crippen LogP contribution is -2.20. The summed E-state index contributed by atoms with van der Waals surface area (Å²) in [7, 11) is 1.56. The van der Waals surface area contributed by atoms with Crippen molar-refractivity contribution in [1.29, 1.82) is 0 Å². The molecule has 0 unspecified atom stereocenters. The Kier molecular flexibility index (Phi) is 5.47. The van der Waals surface area contributed by atoms with E-state index in [1.54, 1.807) is 20.0 Å². The van der Waals surface area contributed by atoms with Crippen molar-refractivity contribution in [3.63, 3.8) is 0 Å². The molecular weight excluding hydrogens is 164 g/mol. The molecule has 0 heterocycles. The third-order valence-corrected chi connectivity index (χ3v) is 1.32. The zero-order chi connectivity index (χ0) is 8.69. The lowest BCUT2D eigenvalue weighted by molar-refractivity contribution is -0.119. The van der Waals surface area contributed by atoms with E-state index in [1.807, 2.05) is 0 Å². The van der Waals surface area contributed by atoms with Crippen molar-refractivity contribution in [1.82, 2.24) is 5.32 Å². The SMILES string of the molecule is C/C=C(/Cl)C=NCC(=O)NC. The maximum Gasteiger partial charge on any atom is 0.241 e. The predicted molar refractivity (Wildman–Crippen MR) is 47.0 cm³/mol. The molecule has 0 aliphatic rings. The van der Waals surface area contributed by atoms with Crippen LogP contribution in [0, 0.1) is 0 Å². The number of allylic oxidation sites excluding steroid dienone is 2. The summed E-state index contributed by atoms with van der Waals surface area (Å²) >= 11 is 5.57. The molecule has 1 amide bonds. The number of nitrogens with zero attached hydrogens (tertiary/aromatic N) is 1. The molecule has 0 radical (unpaired) electrons. The number of nitrogens with one attached hydrogen (secondary N) is 1. The third kappa shape index (κ3) is 5.61. The lowest BCUT2D eigenvalue weighted by Gasteiger charge is -1.91. The van der Waals surface area contributed by atoms with E-state index in [2.05, 4.69) is 10.3 Å². The van der Waals surface area contributed by atoms with Gasteiger partial charge in [-0.2, -0.15) is 0 Å².